The van der Waals surface area contributed by atoms with E-state index in [1.54, 1.807) is 6.20 Å². The normalized spacial score (nSPS) is 16.0. The zero-order valence-electron chi connectivity index (χ0n) is 14.1. The number of nitrogens with two attached hydrogens (primary N) is 1. The predicted octanol–water partition coefficient (Wildman–Crippen LogP) is 3.34. The molecular formula is C20H19N5O. The summed E-state index contributed by atoms with van der Waals surface area (Å²) < 4.78 is 5.42. The van der Waals surface area contributed by atoms with Gasteiger partial charge in [0.05, 0.1) is 11.3 Å². The first-order valence-corrected chi connectivity index (χ1v) is 8.39. The van der Waals surface area contributed by atoms with E-state index in [0.717, 1.165) is 22.5 Å². The average molecular weight is 345 g/mol. The maximum atomic E-state index is 5.89. The van der Waals surface area contributed by atoms with Crippen molar-refractivity contribution in [3.63, 3.8) is 0 Å². The Hall–Kier alpha value is -3.54. The fraction of sp³-hybridized carbons (Fsp3) is 0.100. The van der Waals surface area contributed by atoms with Gasteiger partial charge >= 0.3 is 0 Å². The van der Waals surface area contributed by atoms with Crippen LogP contribution in [-0.4, -0.2) is 16.3 Å². The average Bonchev–Trinajstić information content (AvgIpc) is 3.13. The highest BCUT2D eigenvalue weighted by Gasteiger charge is 2.13. The number of nitrogens with one attached hydrogen (secondary N) is 2. The molecule has 0 spiro atoms. The number of hydrogen-bond donors (Lipinski definition) is 3. The van der Waals surface area contributed by atoms with E-state index >= 15 is 0 Å². The number of nitrogens with zero attached hydrogens (tertiary/aromatic N) is 2. The molecule has 4 rings (SSSR count). The molecule has 1 unspecified atom stereocenters. The van der Waals surface area contributed by atoms with E-state index in [4.69, 9.17) is 10.3 Å². The Labute approximate surface area is 151 Å². The summed E-state index contributed by atoms with van der Waals surface area (Å²) in [6.45, 7) is 0. The van der Waals surface area contributed by atoms with Gasteiger partial charge in [-0.3, -0.25) is 0 Å². The van der Waals surface area contributed by atoms with Gasteiger partial charge in [-0.1, -0.05) is 29.4 Å². The molecule has 0 radical (unpaired) electrons. The van der Waals surface area contributed by atoms with E-state index in [9.17, 15) is 0 Å². The molecule has 0 aliphatic carbocycles. The Morgan fingerprint density at radius 3 is 2.81 bits per heavy atom. The van der Waals surface area contributed by atoms with Gasteiger partial charge in [-0.2, -0.15) is 0 Å². The molecular weight excluding hydrogens is 326 g/mol. The maximum absolute atomic E-state index is 5.89. The highest BCUT2D eigenvalue weighted by molar-refractivity contribution is 5.69. The molecule has 6 nitrogen and oxygen atoms in total. The number of pyridine rings is 1. The van der Waals surface area contributed by atoms with Crippen molar-refractivity contribution in [3.8, 4) is 11.3 Å². The second kappa shape index (κ2) is 7.14. The first kappa shape index (κ1) is 16.0. The van der Waals surface area contributed by atoms with Gasteiger partial charge in [0, 0.05) is 30.6 Å². The van der Waals surface area contributed by atoms with Crippen LogP contribution >= 0.6 is 0 Å². The molecule has 0 saturated carbocycles. The first-order valence-electron chi connectivity index (χ1n) is 8.39. The van der Waals surface area contributed by atoms with Gasteiger partial charge in [0.2, 0.25) is 0 Å². The number of rotatable bonds is 5. The third kappa shape index (κ3) is 3.59. The van der Waals surface area contributed by atoms with Crippen molar-refractivity contribution >= 4 is 11.5 Å². The Kier molecular flexibility index (Phi) is 4.38. The zero-order chi connectivity index (χ0) is 17.8. The molecule has 0 bridgehead atoms. The van der Waals surface area contributed by atoms with Crippen LogP contribution < -0.4 is 16.4 Å². The third-order valence-electron chi connectivity index (χ3n) is 4.10. The van der Waals surface area contributed by atoms with Gasteiger partial charge in [-0.25, -0.2) is 4.98 Å². The lowest BCUT2D eigenvalue weighted by Gasteiger charge is -2.20. The van der Waals surface area contributed by atoms with Gasteiger partial charge in [-0.05, 0) is 35.9 Å². The van der Waals surface area contributed by atoms with Crippen molar-refractivity contribution in [3.05, 3.63) is 84.3 Å². The van der Waals surface area contributed by atoms with E-state index in [1.807, 2.05) is 54.7 Å². The van der Waals surface area contributed by atoms with Crippen LogP contribution in [-0.2, 0) is 6.42 Å². The van der Waals surface area contributed by atoms with E-state index in [0.29, 0.717) is 18.0 Å². The van der Waals surface area contributed by atoms with Crippen molar-refractivity contribution in [1.82, 2.24) is 15.5 Å². The zero-order valence-corrected chi connectivity index (χ0v) is 14.1. The molecule has 130 valence electrons. The molecule has 2 aromatic heterocycles. The molecule has 0 fully saturated rings. The lowest BCUT2D eigenvalue weighted by atomic mass is 10.1. The van der Waals surface area contributed by atoms with Crippen LogP contribution in [0.2, 0.25) is 0 Å². The molecule has 6 heteroatoms. The molecule has 3 aromatic rings. The number of hydrogen-bond acceptors (Lipinski definition) is 6. The molecule has 0 saturated heterocycles. The fourth-order valence-electron chi connectivity index (χ4n) is 2.79. The second-order valence-corrected chi connectivity index (χ2v) is 6.03. The SMILES string of the molecule is Nc1ncccc1-c1cc(CC2=CNC(Nc3ccccc3)C=C2)no1. The number of anilines is 2. The van der Waals surface area contributed by atoms with Crippen molar-refractivity contribution in [2.75, 3.05) is 11.1 Å². The van der Waals surface area contributed by atoms with Gasteiger partial charge < -0.3 is 20.9 Å². The minimum Gasteiger partial charge on any atom is -0.383 e. The lowest BCUT2D eigenvalue weighted by molar-refractivity contribution is 0.425. The van der Waals surface area contributed by atoms with Crippen LogP contribution in [0.1, 0.15) is 5.69 Å². The van der Waals surface area contributed by atoms with Gasteiger partial charge in [-0.15, -0.1) is 0 Å². The molecule has 1 aliphatic rings. The summed E-state index contributed by atoms with van der Waals surface area (Å²) in [5.74, 6) is 1.06. The maximum Gasteiger partial charge on any atom is 0.170 e. The summed E-state index contributed by atoms with van der Waals surface area (Å²) in [4.78, 5) is 4.07. The van der Waals surface area contributed by atoms with Gasteiger partial charge in [0.15, 0.2) is 5.76 Å². The van der Waals surface area contributed by atoms with Crippen LogP contribution in [0.25, 0.3) is 11.3 Å². The van der Waals surface area contributed by atoms with Crippen LogP contribution in [0.5, 0.6) is 0 Å². The summed E-state index contributed by atoms with van der Waals surface area (Å²) in [5.41, 5.74) is 9.68. The fourth-order valence-corrected chi connectivity index (χ4v) is 2.79. The highest BCUT2D eigenvalue weighted by Crippen LogP contribution is 2.25. The van der Waals surface area contributed by atoms with Gasteiger partial charge in [0.1, 0.15) is 12.0 Å². The summed E-state index contributed by atoms with van der Waals surface area (Å²) in [6.07, 6.45) is 8.55. The first-order chi connectivity index (χ1) is 12.8. The quantitative estimate of drug-likeness (QED) is 0.657. The summed E-state index contributed by atoms with van der Waals surface area (Å²) in [5, 5.41) is 10.9. The van der Waals surface area contributed by atoms with E-state index in [1.165, 1.54) is 0 Å². The Balaban J connectivity index is 1.39. The molecule has 3 heterocycles. The van der Waals surface area contributed by atoms with Crippen molar-refractivity contribution in [2.45, 2.75) is 12.6 Å². The van der Waals surface area contributed by atoms with Crippen molar-refractivity contribution < 1.29 is 4.52 Å². The minimum atomic E-state index is 0.0595. The molecule has 1 aromatic carbocycles. The van der Waals surface area contributed by atoms with Crippen molar-refractivity contribution in [2.24, 2.45) is 0 Å². The highest BCUT2D eigenvalue weighted by atomic mass is 16.5. The van der Waals surface area contributed by atoms with Crippen LogP contribution in [0.4, 0.5) is 11.5 Å². The number of benzene rings is 1. The summed E-state index contributed by atoms with van der Waals surface area (Å²) >= 11 is 0. The largest absolute Gasteiger partial charge is 0.383 e. The van der Waals surface area contributed by atoms with Crippen LogP contribution in [0.15, 0.2) is 83.2 Å². The summed E-state index contributed by atoms with van der Waals surface area (Å²) in [7, 11) is 0. The molecule has 1 atom stereocenters. The number of nitrogen functional groups attached to an aromatic ring is 1. The lowest BCUT2D eigenvalue weighted by Crippen LogP contribution is -2.32. The Morgan fingerprint density at radius 1 is 1.15 bits per heavy atom. The number of dihydropyridines is 1. The van der Waals surface area contributed by atoms with E-state index < -0.39 is 0 Å². The predicted molar refractivity (Wildman–Crippen MR) is 102 cm³/mol. The second-order valence-electron chi connectivity index (χ2n) is 6.03. The number of para-hydroxylation sites is 1. The Bertz CT molecular complexity index is 946. The van der Waals surface area contributed by atoms with Crippen LogP contribution in [0, 0.1) is 0 Å². The summed E-state index contributed by atoms with van der Waals surface area (Å²) in [6, 6.07) is 15.7. The van der Waals surface area contributed by atoms with E-state index in [-0.39, 0.29) is 6.17 Å². The van der Waals surface area contributed by atoms with Crippen molar-refractivity contribution in [1.29, 1.82) is 0 Å². The third-order valence-corrected chi connectivity index (χ3v) is 4.10. The standard InChI is InChI=1S/C20H19N5O/c21-20-17(7-4-10-22-20)18-12-16(25-26-18)11-14-8-9-19(23-13-14)24-15-5-2-1-3-6-15/h1-10,12-13,19,23-24H,11H2,(H2,21,22). The molecule has 26 heavy (non-hydrogen) atoms. The van der Waals surface area contributed by atoms with E-state index in [2.05, 4.69) is 32.9 Å². The number of aromatic nitrogens is 2. The Morgan fingerprint density at radius 2 is 2.04 bits per heavy atom. The minimum absolute atomic E-state index is 0.0595. The molecule has 0 amide bonds. The van der Waals surface area contributed by atoms with Crippen LogP contribution in [0.3, 0.4) is 0 Å². The molecule has 4 N–H and O–H groups in total. The smallest absolute Gasteiger partial charge is 0.170 e. The van der Waals surface area contributed by atoms with Gasteiger partial charge in [0.25, 0.3) is 0 Å². The molecule has 1 aliphatic heterocycles. The monoisotopic (exact) mass is 345 g/mol. The topological polar surface area (TPSA) is 89.0 Å². The number of allylic oxidation sites excluding steroid dienone is 2.